The van der Waals surface area contributed by atoms with Gasteiger partial charge in [-0.15, -0.1) is 0 Å². The van der Waals surface area contributed by atoms with E-state index in [0.29, 0.717) is 0 Å². The van der Waals surface area contributed by atoms with Gasteiger partial charge in [0.15, 0.2) is 0 Å². The minimum Gasteiger partial charge on any atom is -0.303 e. The number of hydrogen-bond donors (Lipinski definition) is 0. The Morgan fingerprint density at radius 3 is 3.08 bits per heavy atom. The van der Waals surface area contributed by atoms with Crippen LogP contribution in [0, 0.1) is 11.8 Å². The Balaban J connectivity index is 1.83. The van der Waals surface area contributed by atoms with E-state index in [0.717, 1.165) is 37.0 Å². The molecule has 1 saturated heterocycles. The molecule has 0 amide bonds. The molecule has 2 nitrogen and oxygen atoms in total. The molecular formula is C10H17NO. The van der Waals surface area contributed by atoms with Crippen molar-refractivity contribution in [1.82, 2.24) is 4.90 Å². The maximum atomic E-state index is 10.2. The molecule has 2 fully saturated rings. The van der Waals surface area contributed by atoms with Crippen LogP contribution < -0.4 is 0 Å². The van der Waals surface area contributed by atoms with E-state index in [-0.39, 0.29) is 0 Å². The monoisotopic (exact) mass is 167 g/mol. The Kier molecular flexibility index (Phi) is 2.18. The van der Waals surface area contributed by atoms with Gasteiger partial charge in [-0.05, 0) is 44.7 Å². The van der Waals surface area contributed by atoms with Crippen molar-refractivity contribution in [2.45, 2.75) is 31.7 Å². The first-order valence-corrected chi connectivity index (χ1v) is 4.98. The summed E-state index contributed by atoms with van der Waals surface area (Å²) in [5.74, 6) is 1.78. The second-order valence-electron chi connectivity index (χ2n) is 4.19. The topological polar surface area (TPSA) is 20.3 Å². The van der Waals surface area contributed by atoms with E-state index in [4.69, 9.17) is 0 Å². The zero-order chi connectivity index (χ0) is 8.55. The van der Waals surface area contributed by atoms with Gasteiger partial charge in [0.05, 0.1) is 0 Å². The number of hydrogen-bond acceptors (Lipinski definition) is 2. The fraction of sp³-hybridized carbons (Fsp3) is 0.900. The smallest absolute Gasteiger partial charge is 0.120 e. The number of aldehydes is 1. The zero-order valence-corrected chi connectivity index (χ0v) is 7.70. The molecule has 0 aromatic rings. The van der Waals surface area contributed by atoms with Crippen molar-refractivity contribution in [3.63, 3.8) is 0 Å². The SMILES string of the molecule is CN1CCC[C@@H]2C(CCC=O)[C@@H]21. The maximum absolute atomic E-state index is 10.2. The van der Waals surface area contributed by atoms with E-state index in [1.807, 2.05) is 0 Å². The van der Waals surface area contributed by atoms with Crippen LogP contribution in [0.1, 0.15) is 25.7 Å². The van der Waals surface area contributed by atoms with E-state index >= 15 is 0 Å². The summed E-state index contributed by atoms with van der Waals surface area (Å²) in [5, 5.41) is 0. The molecule has 1 aliphatic heterocycles. The second-order valence-corrected chi connectivity index (χ2v) is 4.19. The summed E-state index contributed by atoms with van der Waals surface area (Å²) in [7, 11) is 2.22. The lowest BCUT2D eigenvalue weighted by Crippen LogP contribution is -2.27. The zero-order valence-electron chi connectivity index (χ0n) is 7.70. The average molecular weight is 167 g/mol. The molecule has 0 spiro atoms. The van der Waals surface area contributed by atoms with Gasteiger partial charge < -0.3 is 9.69 Å². The number of rotatable bonds is 3. The molecule has 1 aliphatic carbocycles. The summed E-state index contributed by atoms with van der Waals surface area (Å²) in [6, 6.07) is 0.832. The van der Waals surface area contributed by atoms with Crippen LogP contribution in [0.25, 0.3) is 0 Å². The number of carbonyl (C=O) groups is 1. The van der Waals surface area contributed by atoms with Gasteiger partial charge in [0.1, 0.15) is 6.29 Å². The summed E-state index contributed by atoms with van der Waals surface area (Å²) in [6.45, 7) is 1.26. The van der Waals surface area contributed by atoms with Crippen LogP contribution in [0.15, 0.2) is 0 Å². The first kappa shape index (κ1) is 8.24. The van der Waals surface area contributed by atoms with Gasteiger partial charge in [-0.25, -0.2) is 0 Å². The summed E-state index contributed by atoms with van der Waals surface area (Å²) < 4.78 is 0. The molecule has 3 atom stereocenters. The number of fused-ring (bicyclic) bond motifs is 1. The third-order valence-electron chi connectivity index (χ3n) is 3.46. The fourth-order valence-electron chi connectivity index (χ4n) is 2.83. The van der Waals surface area contributed by atoms with Crippen molar-refractivity contribution in [3.05, 3.63) is 0 Å². The highest BCUT2D eigenvalue weighted by Gasteiger charge is 2.52. The Bertz CT molecular complexity index is 181. The first-order valence-electron chi connectivity index (χ1n) is 4.98. The van der Waals surface area contributed by atoms with Crippen LogP contribution >= 0.6 is 0 Å². The van der Waals surface area contributed by atoms with Crippen LogP contribution in [0.2, 0.25) is 0 Å². The summed E-state index contributed by atoms with van der Waals surface area (Å²) in [5.41, 5.74) is 0. The number of piperidine rings is 1. The van der Waals surface area contributed by atoms with Crippen molar-refractivity contribution in [3.8, 4) is 0 Å². The lowest BCUT2D eigenvalue weighted by molar-refractivity contribution is -0.108. The molecule has 68 valence electrons. The van der Waals surface area contributed by atoms with Gasteiger partial charge >= 0.3 is 0 Å². The standard InChI is InChI=1S/C10H17NO/c1-11-6-2-4-8-9(10(8)11)5-3-7-12/h7-10H,2-6H2,1H3/t8-,9?,10-/m1/s1. The van der Waals surface area contributed by atoms with Gasteiger partial charge in [-0.1, -0.05) is 0 Å². The van der Waals surface area contributed by atoms with Gasteiger partial charge in [0.25, 0.3) is 0 Å². The molecule has 0 bridgehead atoms. The number of nitrogens with zero attached hydrogens (tertiary/aromatic N) is 1. The minimum atomic E-state index is 0.769. The van der Waals surface area contributed by atoms with Crippen LogP contribution in [0.5, 0.6) is 0 Å². The predicted molar refractivity (Wildman–Crippen MR) is 47.9 cm³/mol. The van der Waals surface area contributed by atoms with Gasteiger partial charge in [-0.2, -0.15) is 0 Å². The van der Waals surface area contributed by atoms with Crippen molar-refractivity contribution >= 4 is 6.29 Å². The van der Waals surface area contributed by atoms with Crippen molar-refractivity contribution in [1.29, 1.82) is 0 Å². The Labute approximate surface area is 73.9 Å². The summed E-state index contributed by atoms with van der Waals surface area (Å²) >= 11 is 0. The molecule has 0 aromatic heterocycles. The molecule has 1 saturated carbocycles. The van der Waals surface area contributed by atoms with Crippen molar-refractivity contribution < 1.29 is 4.79 Å². The van der Waals surface area contributed by atoms with E-state index in [1.165, 1.54) is 19.4 Å². The van der Waals surface area contributed by atoms with E-state index in [1.54, 1.807) is 0 Å². The molecule has 1 unspecified atom stereocenters. The fourth-order valence-corrected chi connectivity index (χ4v) is 2.83. The number of likely N-dealkylation sites (tertiary alicyclic amines) is 1. The lowest BCUT2D eigenvalue weighted by atomic mass is 10.1. The normalized spacial score (nSPS) is 40.6. The molecule has 0 radical (unpaired) electrons. The molecule has 2 heteroatoms. The summed E-state index contributed by atoms with van der Waals surface area (Å²) in [6.07, 6.45) is 5.72. The van der Waals surface area contributed by atoms with Gasteiger partial charge in [0.2, 0.25) is 0 Å². The number of carbonyl (C=O) groups excluding carboxylic acids is 1. The average Bonchev–Trinajstić information content (AvgIpc) is 2.77. The molecule has 0 aromatic carbocycles. The van der Waals surface area contributed by atoms with Crippen molar-refractivity contribution in [2.75, 3.05) is 13.6 Å². The molecule has 0 N–H and O–H groups in total. The second kappa shape index (κ2) is 3.17. The molecule has 1 heterocycles. The Morgan fingerprint density at radius 1 is 1.58 bits per heavy atom. The third kappa shape index (κ3) is 1.28. The minimum absolute atomic E-state index is 0.769. The van der Waals surface area contributed by atoms with E-state index in [9.17, 15) is 4.79 Å². The third-order valence-corrected chi connectivity index (χ3v) is 3.46. The van der Waals surface area contributed by atoms with E-state index in [2.05, 4.69) is 11.9 Å². The quantitative estimate of drug-likeness (QED) is 0.591. The van der Waals surface area contributed by atoms with Gasteiger partial charge in [0, 0.05) is 12.5 Å². The maximum Gasteiger partial charge on any atom is 0.120 e. The van der Waals surface area contributed by atoms with Crippen molar-refractivity contribution in [2.24, 2.45) is 11.8 Å². The molecule has 12 heavy (non-hydrogen) atoms. The van der Waals surface area contributed by atoms with Crippen LogP contribution in [-0.4, -0.2) is 30.8 Å². The highest BCUT2D eigenvalue weighted by atomic mass is 16.1. The highest BCUT2D eigenvalue weighted by Crippen LogP contribution is 2.50. The Morgan fingerprint density at radius 2 is 2.42 bits per heavy atom. The van der Waals surface area contributed by atoms with E-state index < -0.39 is 0 Å². The molecule has 2 rings (SSSR count). The molecular weight excluding hydrogens is 150 g/mol. The first-order chi connectivity index (χ1) is 5.84. The highest BCUT2D eigenvalue weighted by molar-refractivity contribution is 5.49. The van der Waals surface area contributed by atoms with Crippen LogP contribution in [-0.2, 0) is 4.79 Å². The van der Waals surface area contributed by atoms with Gasteiger partial charge in [-0.3, -0.25) is 0 Å². The van der Waals surface area contributed by atoms with Crippen LogP contribution in [0.3, 0.4) is 0 Å². The molecule has 2 aliphatic rings. The van der Waals surface area contributed by atoms with Crippen LogP contribution in [0.4, 0.5) is 0 Å². The predicted octanol–water partition coefficient (Wildman–Crippen LogP) is 1.31. The lowest BCUT2D eigenvalue weighted by Gasteiger charge is -2.20. The summed E-state index contributed by atoms with van der Waals surface area (Å²) in [4.78, 5) is 12.7. The largest absolute Gasteiger partial charge is 0.303 e. The Hall–Kier alpha value is -0.370.